The smallest absolute Gasteiger partial charge is 0.331 e. The summed E-state index contributed by atoms with van der Waals surface area (Å²) in [6, 6.07) is 12.3. The zero-order valence-electron chi connectivity index (χ0n) is 13.3. The van der Waals surface area contributed by atoms with E-state index in [0.717, 1.165) is 20.2 Å². The standard InChI is InChI=1S/C17H12FN5O2S/c18-11-5-7-13(8-6-11)22-10-12(20-21-22)9-19-17(25)23-16(24)14-3-1-2-4-15(14)26-23/h1-8,10H,9H2,(H,19,25). The van der Waals surface area contributed by atoms with Gasteiger partial charge in [-0.15, -0.1) is 5.10 Å². The third kappa shape index (κ3) is 3.00. The summed E-state index contributed by atoms with van der Waals surface area (Å²) in [5.41, 5.74) is 0.812. The minimum atomic E-state index is -0.521. The lowest BCUT2D eigenvalue weighted by molar-refractivity contribution is 0.243. The largest absolute Gasteiger partial charge is 0.338 e. The molecular weight excluding hydrogens is 357 g/mol. The molecule has 0 spiro atoms. The van der Waals surface area contributed by atoms with Crippen LogP contribution in [0.15, 0.2) is 59.5 Å². The lowest BCUT2D eigenvalue weighted by Gasteiger charge is -2.01. The molecule has 0 radical (unpaired) electrons. The van der Waals surface area contributed by atoms with Gasteiger partial charge >= 0.3 is 6.03 Å². The fraction of sp³-hybridized carbons (Fsp3) is 0.0588. The Bertz CT molecular complexity index is 1150. The summed E-state index contributed by atoms with van der Waals surface area (Å²) in [5, 5.41) is 11.1. The molecule has 0 aliphatic carbocycles. The van der Waals surface area contributed by atoms with E-state index in [2.05, 4.69) is 15.6 Å². The molecule has 0 fully saturated rings. The first-order valence-electron chi connectivity index (χ1n) is 7.68. The van der Waals surface area contributed by atoms with E-state index in [1.807, 2.05) is 6.07 Å². The van der Waals surface area contributed by atoms with E-state index in [1.165, 1.54) is 16.8 Å². The predicted molar refractivity (Wildman–Crippen MR) is 95.0 cm³/mol. The first kappa shape index (κ1) is 16.2. The van der Waals surface area contributed by atoms with Gasteiger partial charge in [-0.3, -0.25) is 4.79 Å². The van der Waals surface area contributed by atoms with Crippen LogP contribution < -0.4 is 10.9 Å². The van der Waals surface area contributed by atoms with Gasteiger partial charge in [-0.2, -0.15) is 3.96 Å². The van der Waals surface area contributed by atoms with E-state index >= 15 is 0 Å². The fourth-order valence-corrected chi connectivity index (χ4v) is 3.36. The second kappa shape index (κ2) is 6.52. The van der Waals surface area contributed by atoms with Crippen LogP contribution in [-0.2, 0) is 6.54 Å². The second-order valence-electron chi connectivity index (χ2n) is 5.48. The molecule has 0 saturated carbocycles. The molecule has 0 aliphatic rings. The van der Waals surface area contributed by atoms with Crippen LogP contribution in [0.2, 0.25) is 0 Å². The Hall–Kier alpha value is -3.33. The van der Waals surface area contributed by atoms with E-state index in [-0.39, 0.29) is 17.9 Å². The molecule has 1 amide bonds. The molecule has 130 valence electrons. The summed E-state index contributed by atoms with van der Waals surface area (Å²) in [7, 11) is 0. The van der Waals surface area contributed by atoms with E-state index in [1.54, 1.807) is 36.5 Å². The Morgan fingerprint density at radius 3 is 2.69 bits per heavy atom. The molecule has 9 heteroatoms. The van der Waals surface area contributed by atoms with Crippen LogP contribution in [0.1, 0.15) is 5.69 Å². The van der Waals surface area contributed by atoms with Crippen LogP contribution in [0.3, 0.4) is 0 Å². The number of nitrogens with one attached hydrogen (secondary N) is 1. The Morgan fingerprint density at radius 2 is 1.92 bits per heavy atom. The lowest BCUT2D eigenvalue weighted by Crippen LogP contribution is -2.32. The summed E-state index contributed by atoms with van der Waals surface area (Å²) in [6.45, 7) is 0.112. The van der Waals surface area contributed by atoms with Crippen LogP contribution >= 0.6 is 11.5 Å². The SMILES string of the molecule is O=C(NCc1cn(-c2ccc(F)cc2)nn1)n1sc2ccccc2c1=O. The number of benzene rings is 2. The minimum Gasteiger partial charge on any atom is -0.331 e. The molecule has 0 unspecified atom stereocenters. The van der Waals surface area contributed by atoms with Gasteiger partial charge in [-0.25, -0.2) is 13.9 Å². The number of hydrogen-bond acceptors (Lipinski definition) is 5. The van der Waals surface area contributed by atoms with Crippen molar-refractivity contribution in [2.24, 2.45) is 0 Å². The number of carbonyl (C=O) groups excluding carboxylic acids is 1. The maximum atomic E-state index is 13.0. The van der Waals surface area contributed by atoms with Crippen LogP contribution in [0, 0.1) is 5.82 Å². The molecule has 0 atom stereocenters. The first-order valence-corrected chi connectivity index (χ1v) is 8.45. The lowest BCUT2D eigenvalue weighted by atomic mass is 10.3. The average molecular weight is 369 g/mol. The van der Waals surface area contributed by atoms with Gasteiger partial charge in [0.1, 0.15) is 11.5 Å². The molecule has 7 nitrogen and oxygen atoms in total. The Balaban J connectivity index is 1.48. The minimum absolute atomic E-state index is 0.112. The van der Waals surface area contributed by atoms with Gasteiger partial charge < -0.3 is 5.32 Å². The molecule has 2 aromatic carbocycles. The van der Waals surface area contributed by atoms with Crippen molar-refractivity contribution in [3.63, 3.8) is 0 Å². The average Bonchev–Trinajstić information content (AvgIpc) is 3.26. The van der Waals surface area contributed by atoms with Crippen molar-refractivity contribution in [3.05, 3.63) is 76.6 Å². The number of fused-ring (bicyclic) bond motifs is 1. The maximum Gasteiger partial charge on any atom is 0.338 e. The molecule has 0 bridgehead atoms. The zero-order chi connectivity index (χ0) is 18.1. The number of rotatable bonds is 3. The topological polar surface area (TPSA) is 81.8 Å². The normalized spacial score (nSPS) is 11.0. The van der Waals surface area contributed by atoms with Gasteiger partial charge in [-0.05, 0) is 47.9 Å². The van der Waals surface area contributed by atoms with E-state index < -0.39 is 6.03 Å². The van der Waals surface area contributed by atoms with Crippen molar-refractivity contribution >= 4 is 27.6 Å². The van der Waals surface area contributed by atoms with E-state index in [4.69, 9.17) is 0 Å². The van der Waals surface area contributed by atoms with Crippen molar-refractivity contribution in [1.29, 1.82) is 0 Å². The molecule has 1 N–H and O–H groups in total. The number of amides is 1. The van der Waals surface area contributed by atoms with Gasteiger partial charge in [0.25, 0.3) is 5.56 Å². The Labute approximate surface area is 150 Å². The number of aromatic nitrogens is 4. The molecule has 26 heavy (non-hydrogen) atoms. The zero-order valence-corrected chi connectivity index (χ0v) is 14.1. The number of carbonyl (C=O) groups is 1. The predicted octanol–water partition coefficient (Wildman–Crippen LogP) is 2.54. The number of nitrogens with zero attached hydrogens (tertiary/aromatic N) is 4. The van der Waals surface area contributed by atoms with Gasteiger partial charge in [-0.1, -0.05) is 17.3 Å². The molecule has 2 aromatic heterocycles. The van der Waals surface area contributed by atoms with Gasteiger partial charge in [0, 0.05) is 0 Å². The molecule has 2 heterocycles. The molecular formula is C17H12FN5O2S. The highest BCUT2D eigenvalue weighted by Gasteiger charge is 2.14. The van der Waals surface area contributed by atoms with Crippen LogP contribution in [0.5, 0.6) is 0 Å². The number of hydrogen-bond donors (Lipinski definition) is 1. The molecule has 0 saturated heterocycles. The summed E-state index contributed by atoms with van der Waals surface area (Å²) < 4.78 is 16.3. The Morgan fingerprint density at radius 1 is 1.15 bits per heavy atom. The van der Waals surface area contributed by atoms with Crippen molar-refractivity contribution in [2.45, 2.75) is 6.54 Å². The van der Waals surface area contributed by atoms with Gasteiger partial charge in [0.05, 0.1) is 28.5 Å². The highest BCUT2D eigenvalue weighted by Crippen LogP contribution is 2.15. The van der Waals surface area contributed by atoms with Crippen molar-refractivity contribution in [1.82, 2.24) is 24.3 Å². The van der Waals surface area contributed by atoms with Gasteiger partial charge in [0.15, 0.2) is 0 Å². The summed E-state index contributed by atoms with van der Waals surface area (Å²) in [6.07, 6.45) is 1.63. The first-order chi connectivity index (χ1) is 12.6. The van der Waals surface area contributed by atoms with Gasteiger partial charge in [0.2, 0.25) is 0 Å². The third-order valence-electron chi connectivity index (χ3n) is 3.73. The van der Waals surface area contributed by atoms with Crippen molar-refractivity contribution in [2.75, 3.05) is 0 Å². The summed E-state index contributed by atoms with van der Waals surface area (Å²) >= 11 is 1.09. The van der Waals surface area contributed by atoms with Crippen LogP contribution in [0.25, 0.3) is 15.8 Å². The molecule has 4 rings (SSSR count). The fourth-order valence-electron chi connectivity index (χ4n) is 2.44. The van der Waals surface area contributed by atoms with E-state index in [9.17, 15) is 14.0 Å². The van der Waals surface area contributed by atoms with E-state index in [0.29, 0.717) is 16.8 Å². The monoisotopic (exact) mass is 369 g/mol. The molecule has 0 aliphatic heterocycles. The highest BCUT2D eigenvalue weighted by atomic mass is 32.1. The maximum absolute atomic E-state index is 13.0. The van der Waals surface area contributed by atoms with Crippen LogP contribution in [0.4, 0.5) is 9.18 Å². The second-order valence-corrected chi connectivity index (χ2v) is 6.46. The highest BCUT2D eigenvalue weighted by molar-refractivity contribution is 7.14. The molecule has 4 aromatic rings. The quantitative estimate of drug-likeness (QED) is 0.602. The summed E-state index contributed by atoms with van der Waals surface area (Å²) in [5.74, 6) is -0.338. The Kier molecular flexibility index (Phi) is 4.05. The number of halogens is 1. The van der Waals surface area contributed by atoms with Crippen molar-refractivity contribution in [3.8, 4) is 5.69 Å². The van der Waals surface area contributed by atoms with Crippen molar-refractivity contribution < 1.29 is 9.18 Å². The third-order valence-corrected chi connectivity index (χ3v) is 4.80. The summed E-state index contributed by atoms with van der Waals surface area (Å²) in [4.78, 5) is 24.5. The van der Waals surface area contributed by atoms with Crippen LogP contribution in [-0.4, -0.2) is 25.0 Å².